The Hall–Kier alpha value is -4.38. The Morgan fingerprint density at radius 3 is 2.15 bits per heavy atom. The smallest absolute Gasteiger partial charge is 0.416 e. The van der Waals surface area contributed by atoms with Gasteiger partial charge in [-0.15, -0.1) is 11.3 Å². The summed E-state index contributed by atoms with van der Waals surface area (Å²) in [6, 6.07) is 20.3. The minimum Gasteiger partial charge on any atom is -0.477 e. The van der Waals surface area contributed by atoms with Gasteiger partial charge in [-0.25, -0.2) is 14.6 Å². The number of benzene rings is 3. The van der Waals surface area contributed by atoms with Gasteiger partial charge in [-0.3, -0.25) is 0 Å². The molecule has 0 atom stereocenters. The lowest BCUT2D eigenvalue weighted by molar-refractivity contribution is -0.137. The maximum absolute atomic E-state index is 12.8. The van der Waals surface area contributed by atoms with Gasteiger partial charge in [0.15, 0.2) is 0 Å². The van der Waals surface area contributed by atoms with Crippen LogP contribution < -0.4 is 10.1 Å². The second-order valence-electron chi connectivity index (χ2n) is 9.24. The van der Waals surface area contributed by atoms with E-state index in [0.717, 1.165) is 23.5 Å². The van der Waals surface area contributed by atoms with Crippen LogP contribution in [0.2, 0.25) is 0 Å². The third kappa shape index (κ3) is 6.26. The van der Waals surface area contributed by atoms with Crippen molar-refractivity contribution in [2.45, 2.75) is 24.9 Å². The van der Waals surface area contributed by atoms with Crippen LogP contribution >= 0.6 is 11.3 Å². The van der Waals surface area contributed by atoms with E-state index >= 15 is 0 Å². The maximum Gasteiger partial charge on any atom is 0.416 e. The number of carbonyl (C=O) groups excluding carboxylic acids is 1. The van der Waals surface area contributed by atoms with E-state index in [-0.39, 0.29) is 16.5 Å². The van der Waals surface area contributed by atoms with Gasteiger partial charge in [0.1, 0.15) is 16.4 Å². The summed E-state index contributed by atoms with van der Waals surface area (Å²) < 4.78 is 44.1. The molecule has 40 heavy (non-hydrogen) atoms. The van der Waals surface area contributed by atoms with Gasteiger partial charge >= 0.3 is 18.2 Å². The highest BCUT2D eigenvalue weighted by Gasteiger charge is 2.31. The Labute approximate surface area is 231 Å². The van der Waals surface area contributed by atoms with Crippen LogP contribution in [0.25, 0.3) is 11.3 Å². The molecule has 1 aliphatic rings. The molecule has 7 nitrogen and oxygen atoms in total. The lowest BCUT2D eigenvalue weighted by atomic mass is 9.97. The number of aromatic carboxylic acids is 1. The highest BCUT2D eigenvalue weighted by molar-refractivity contribution is 7.14. The number of nitrogens with one attached hydrogen (secondary N) is 1. The number of aromatic nitrogens is 1. The van der Waals surface area contributed by atoms with E-state index in [4.69, 9.17) is 9.72 Å². The molecule has 206 valence electrons. The van der Waals surface area contributed by atoms with Crippen LogP contribution in [0.3, 0.4) is 0 Å². The highest BCUT2D eigenvalue weighted by Crippen LogP contribution is 2.37. The third-order valence-corrected chi connectivity index (χ3v) is 7.75. The first kappa shape index (κ1) is 27.2. The molecule has 0 radical (unpaired) electrons. The van der Waals surface area contributed by atoms with Crippen LogP contribution in [-0.4, -0.2) is 40.1 Å². The number of ether oxygens (including phenoxy) is 1. The molecular weight excluding hydrogens is 543 g/mol. The number of carboxylic acids is 1. The van der Waals surface area contributed by atoms with E-state index in [1.54, 1.807) is 29.2 Å². The van der Waals surface area contributed by atoms with E-state index in [1.807, 2.05) is 30.3 Å². The van der Waals surface area contributed by atoms with Crippen LogP contribution in [0.15, 0.2) is 78.9 Å². The number of halogens is 3. The molecule has 2 amide bonds. The zero-order valence-corrected chi connectivity index (χ0v) is 21.8. The number of hydrogen-bond acceptors (Lipinski definition) is 5. The summed E-state index contributed by atoms with van der Waals surface area (Å²) in [6.45, 7) is 0.806. The molecule has 5 rings (SSSR count). The molecular formula is C29H24F3N3O4S. The lowest BCUT2D eigenvalue weighted by Gasteiger charge is -2.31. The monoisotopic (exact) mass is 567 g/mol. The van der Waals surface area contributed by atoms with Gasteiger partial charge in [-0.2, -0.15) is 13.2 Å². The fraction of sp³-hybridized carbons (Fsp3) is 0.207. The molecule has 0 saturated carbocycles. The number of likely N-dealkylation sites (tertiary alicyclic amines) is 1. The van der Waals surface area contributed by atoms with Crippen LogP contribution in [0.5, 0.6) is 11.5 Å². The van der Waals surface area contributed by atoms with Crippen LogP contribution in [0.1, 0.15) is 39.0 Å². The molecule has 0 bridgehead atoms. The summed E-state index contributed by atoms with van der Waals surface area (Å²) >= 11 is 1.14. The van der Waals surface area contributed by atoms with Crippen molar-refractivity contribution in [3.63, 3.8) is 0 Å². The number of rotatable bonds is 6. The number of alkyl halides is 3. The molecule has 4 aromatic rings. The summed E-state index contributed by atoms with van der Waals surface area (Å²) in [5.41, 5.74) is 0.539. The SMILES string of the molecule is O=C(O)c1sc(C2CCN(C(=O)Nc3ccc(C(F)(F)F)cc3)CC2)nc1-c1ccc(Oc2ccccc2)cc1. The molecule has 11 heteroatoms. The fourth-order valence-corrected chi connectivity index (χ4v) is 5.53. The molecule has 0 aliphatic carbocycles. The van der Waals surface area contributed by atoms with Gasteiger partial charge in [-0.05, 0) is 73.5 Å². The number of anilines is 1. The highest BCUT2D eigenvalue weighted by atomic mass is 32.1. The Morgan fingerprint density at radius 2 is 1.55 bits per heavy atom. The number of piperidine rings is 1. The van der Waals surface area contributed by atoms with Crippen molar-refractivity contribution in [3.05, 3.63) is 94.3 Å². The third-order valence-electron chi connectivity index (χ3n) is 6.54. The van der Waals surface area contributed by atoms with Gasteiger partial charge in [0.25, 0.3) is 0 Å². The quantitative estimate of drug-likeness (QED) is 0.249. The predicted octanol–water partition coefficient (Wildman–Crippen LogP) is 7.73. The number of carboxylic acid groups (broad SMARTS) is 1. The van der Waals surface area contributed by atoms with E-state index in [9.17, 15) is 27.9 Å². The van der Waals surface area contributed by atoms with Gasteiger partial charge in [0.2, 0.25) is 0 Å². The van der Waals surface area contributed by atoms with Crippen molar-refractivity contribution < 1.29 is 32.6 Å². The Bertz CT molecular complexity index is 1480. The fourth-order valence-electron chi connectivity index (χ4n) is 4.43. The summed E-state index contributed by atoms with van der Waals surface area (Å²) in [5.74, 6) is 0.227. The molecule has 1 aliphatic heterocycles. The number of para-hydroxylation sites is 1. The predicted molar refractivity (Wildman–Crippen MR) is 145 cm³/mol. The van der Waals surface area contributed by atoms with Crippen molar-refractivity contribution in [1.29, 1.82) is 0 Å². The van der Waals surface area contributed by atoms with Crippen LogP contribution in [-0.2, 0) is 6.18 Å². The number of hydrogen-bond donors (Lipinski definition) is 2. The average Bonchev–Trinajstić information content (AvgIpc) is 3.40. The molecule has 2 heterocycles. The Morgan fingerprint density at radius 1 is 0.925 bits per heavy atom. The summed E-state index contributed by atoms with van der Waals surface area (Å²) in [5, 5.41) is 13.2. The van der Waals surface area contributed by atoms with Crippen molar-refractivity contribution >= 4 is 29.0 Å². The van der Waals surface area contributed by atoms with E-state index < -0.39 is 23.7 Å². The number of urea groups is 1. The second kappa shape index (κ2) is 11.4. The number of carbonyl (C=O) groups is 2. The van der Waals surface area contributed by atoms with Crippen molar-refractivity contribution in [1.82, 2.24) is 9.88 Å². The minimum atomic E-state index is -4.44. The van der Waals surface area contributed by atoms with Crippen molar-refractivity contribution in [2.75, 3.05) is 18.4 Å². The van der Waals surface area contributed by atoms with E-state index in [2.05, 4.69) is 5.32 Å². The molecule has 0 spiro atoms. The molecule has 2 N–H and O–H groups in total. The van der Waals surface area contributed by atoms with Crippen molar-refractivity contribution in [2.24, 2.45) is 0 Å². The largest absolute Gasteiger partial charge is 0.477 e. The normalized spacial score (nSPS) is 14.1. The second-order valence-corrected chi connectivity index (χ2v) is 10.3. The first-order chi connectivity index (χ1) is 19.2. The van der Waals surface area contributed by atoms with Gasteiger partial charge in [0.05, 0.1) is 16.3 Å². The zero-order chi connectivity index (χ0) is 28.3. The lowest BCUT2D eigenvalue weighted by Crippen LogP contribution is -2.40. The van der Waals surface area contributed by atoms with E-state index in [1.165, 1.54) is 12.1 Å². The number of nitrogens with zero attached hydrogens (tertiary/aromatic N) is 2. The molecule has 0 unspecified atom stereocenters. The summed E-state index contributed by atoms with van der Waals surface area (Å²) in [7, 11) is 0. The van der Waals surface area contributed by atoms with Gasteiger partial charge in [-0.1, -0.05) is 18.2 Å². The number of amides is 2. The molecule has 3 aromatic carbocycles. The Balaban J connectivity index is 1.23. The zero-order valence-electron chi connectivity index (χ0n) is 21.0. The average molecular weight is 568 g/mol. The first-order valence-electron chi connectivity index (χ1n) is 12.5. The maximum atomic E-state index is 12.8. The topological polar surface area (TPSA) is 91.8 Å². The Kier molecular flexibility index (Phi) is 7.74. The van der Waals surface area contributed by atoms with E-state index in [0.29, 0.717) is 53.7 Å². The summed E-state index contributed by atoms with van der Waals surface area (Å²) in [4.78, 5) is 31.1. The van der Waals surface area contributed by atoms with Gasteiger partial charge < -0.3 is 20.1 Å². The summed E-state index contributed by atoms with van der Waals surface area (Å²) in [6.07, 6.45) is -3.28. The van der Waals surface area contributed by atoms with Crippen LogP contribution in [0.4, 0.5) is 23.7 Å². The van der Waals surface area contributed by atoms with Gasteiger partial charge in [0, 0.05) is 30.3 Å². The first-order valence-corrected chi connectivity index (χ1v) is 13.3. The molecule has 1 saturated heterocycles. The minimum absolute atomic E-state index is 0.0207. The van der Waals surface area contributed by atoms with Crippen LogP contribution in [0, 0.1) is 0 Å². The standard InChI is InChI=1S/C29H24F3N3O4S/c30-29(31,32)20-8-10-21(11-9-20)33-28(38)35-16-14-19(15-17-35)26-34-24(25(40-26)27(36)37)18-6-12-23(13-7-18)39-22-4-2-1-3-5-22/h1-13,19H,14-17H2,(H,33,38)(H,36,37). The molecule has 1 aromatic heterocycles. The molecule has 1 fully saturated rings. The van der Waals surface area contributed by atoms with Crippen molar-refractivity contribution in [3.8, 4) is 22.8 Å². The number of thiazole rings is 1.